The van der Waals surface area contributed by atoms with Gasteiger partial charge in [0, 0.05) is 13.1 Å². The molecule has 4 nitrogen and oxygen atoms in total. The van der Waals surface area contributed by atoms with E-state index in [9.17, 15) is 9.18 Å². The van der Waals surface area contributed by atoms with Crippen LogP contribution in [0, 0.1) is 5.82 Å². The smallest absolute Gasteiger partial charge is 0.407 e. The standard InChI is InChI=1S/C15H21FN2O2/c1-15(7-8-15)20-14(19)18-10-2-9-17-11-12-3-5-13(16)6-4-12/h3-6,17H,2,7-11H2,1H3,(H,18,19). The first kappa shape index (κ1) is 14.8. The normalized spacial score (nSPS) is 15.7. The number of carbonyl (C=O) groups excluding carboxylic acids is 1. The van der Waals surface area contributed by atoms with E-state index in [2.05, 4.69) is 10.6 Å². The molecule has 1 fully saturated rings. The van der Waals surface area contributed by atoms with Gasteiger partial charge in [0.2, 0.25) is 0 Å². The second kappa shape index (κ2) is 6.70. The van der Waals surface area contributed by atoms with Crippen molar-refractivity contribution in [2.24, 2.45) is 0 Å². The predicted octanol–water partition coefficient (Wildman–Crippen LogP) is 2.58. The van der Waals surface area contributed by atoms with Crippen LogP contribution in [0.25, 0.3) is 0 Å². The lowest BCUT2D eigenvalue weighted by Crippen LogP contribution is -2.30. The molecule has 0 heterocycles. The first-order valence-electron chi connectivity index (χ1n) is 6.99. The van der Waals surface area contributed by atoms with Gasteiger partial charge in [0.1, 0.15) is 11.4 Å². The van der Waals surface area contributed by atoms with Crippen LogP contribution in [0.1, 0.15) is 31.7 Å². The molecule has 0 spiro atoms. The Bertz CT molecular complexity index is 444. The first-order chi connectivity index (χ1) is 9.57. The number of ether oxygens (including phenoxy) is 1. The van der Waals surface area contributed by atoms with Crippen molar-refractivity contribution in [1.82, 2.24) is 10.6 Å². The minimum Gasteiger partial charge on any atom is -0.443 e. The summed E-state index contributed by atoms with van der Waals surface area (Å²) in [5, 5.41) is 5.98. The van der Waals surface area contributed by atoms with E-state index >= 15 is 0 Å². The van der Waals surface area contributed by atoms with Gasteiger partial charge < -0.3 is 15.4 Å². The monoisotopic (exact) mass is 280 g/mol. The lowest BCUT2D eigenvalue weighted by molar-refractivity contribution is 0.0934. The number of benzene rings is 1. The second-order valence-corrected chi connectivity index (χ2v) is 5.42. The number of carbonyl (C=O) groups is 1. The van der Waals surface area contributed by atoms with Crippen LogP contribution in [0.5, 0.6) is 0 Å². The molecule has 1 aliphatic rings. The minimum atomic E-state index is -0.330. The molecule has 5 heteroatoms. The van der Waals surface area contributed by atoms with E-state index < -0.39 is 0 Å². The summed E-state index contributed by atoms with van der Waals surface area (Å²) in [6, 6.07) is 6.42. The van der Waals surface area contributed by atoms with Gasteiger partial charge in [-0.1, -0.05) is 12.1 Å². The van der Waals surface area contributed by atoms with Crippen LogP contribution in [0.15, 0.2) is 24.3 Å². The number of hydrogen-bond acceptors (Lipinski definition) is 3. The van der Waals surface area contributed by atoms with Crippen LogP contribution in [0.2, 0.25) is 0 Å². The molecular formula is C15H21FN2O2. The molecule has 1 aromatic carbocycles. The molecule has 0 aliphatic heterocycles. The van der Waals surface area contributed by atoms with Crippen LogP contribution in [-0.2, 0) is 11.3 Å². The topological polar surface area (TPSA) is 50.4 Å². The maximum absolute atomic E-state index is 12.7. The van der Waals surface area contributed by atoms with Gasteiger partial charge in [0.25, 0.3) is 0 Å². The number of rotatable bonds is 7. The van der Waals surface area contributed by atoms with Crippen molar-refractivity contribution >= 4 is 6.09 Å². The van der Waals surface area contributed by atoms with Gasteiger partial charge in [-0.2, -0.15) is 0 Å². The summed E-state index contributed by atoms with van der Waals surface area (Å²) in [6.45, 7) is 4.01. The van der Waals surface area contributed by atoms with Crippen LogP contribution in [-0.4, -0.2) is 24.8 Å². The molecule has 20 heavy (non-hydrogen) atoms. The fourth-order valence-corrected chi connectivity index (χ4v) is 1.78. The van der Waals surface area contributed by atoms with Crippen LogP contribution in [0.4, 0.5) is 9.18 Å². The second-order valence-electron chi connectivity index (χ2n) is 5.42. The Morgan fingerprint density at radius 3 is 2.65 bits per heavy atom. The summed E-state index contributed by atoms with van der Waals surface area (Å²) in [5.41, 5.74) is 0.825. The highest BCUT2D eigenvalue weighted by molar-refractivity contribution is 5.67. The van der Waals surface area contributed by atoms with E-state index in [1.165, 1.54) is 12.1 Å². The molecule has 0 radical (unpaired) electrons. The Morgan fingerprint density at radius 2 is 2.00 bits per heavy atom. The number of halogens is 1. The van der Waals surface area contributed by atoms with Gasteiger partial charge in [-0.15, -0.1) is 0 Å². The van der Waals surface area contributed by atoms with E-state index in [0.717, 1.165) is 31.4 Å². The van der Waals surface area contributed by atoms with Crippen molar-refractivity contribution in [1.29, 1.82) is 0 Å². The molecule has 2 rings (SSSR count). The average Bonchev–Trinajstić information content (AvgIpc) is 3.13. The highest BCUT2D eigenvalue weighted by Crippen LogP contribution is 2.38. The fourth-order valence-electron chi connectivity index (χ4n) is 1.78. The Balaban J connectivity index is 1.49. The molecular weight excluding hydrogens is 259 g/mol. The van der Waals surface area contributed by atoms with E-state index in [-0.39, 0.29) is 17.5 Å². The van der Waals surface area contributed by atoms with Crippen LogP contribution >= 0.6 is 0 Å². The van der Waals surface area contributed by atoms with E-state index in [4.69, 9.17) is 4.74 Å². The first-order valence-corrected chi connectivity index (χ1v) is 6.99. The third kappa shape index (κ3) is 5.17. The van der Waals surface area contributed by atoms with Gasteiger partial charge in [0.15, 0.2) is 0 Å². The van der Waals surface area contributed by atoms with Gasteiger partial charge >= 0.3 is 6.09 Å². The molecule has 1 aromatic rings. The van der Waals surface area contributed by atoms with Crippen molar-refractivity contribution in [3.8, 4) is 0 Å². The number of alkyl carbamates (subject to hydrolysis) is 1. The third-order valence-corrected chi connectivity index (χ3v) is 3.34. The quantitative estimate of drug-likeness (QED) is 0.755. The Labute approximate surface area is 118 Å². The van der Waals surface area contributed by atoms with Crippen molar-refractivity contribution in [3.63, 3.8) is 0 Å². The zero-order valence-electron chi connectivity index (χ0n) is 11.7. The molecule has 2 N–H and O–H groups in total. The third-order valence-electron chi connectivity index (χ3n) is 3.34. The molecule has 0 atom stereocenters. The molecule has 0 aromatic heterocycles. The summed E-state index contributed by atoms with van der Waals surface area (Å²) in [5.74, 6) is -0.221. The van der Waals surface area contributed by atoms with Gasteiger partial charge in [0.05, 0.1) is 0 Å². The summed E-state index contributed by atoms with van der Waals surface area (Å²) in [6.07, 6.45) is 2.41. The Hall–Kier alpha value is -1.62. The van der Waals surface area contributed by atoms with Crippen molar-refractivity contribution in [3.05, 3.63) is 35.6 Å². The largest absolute Gasteiger partial charge is 0.443 e. The molecule has 0 saturated heterocycles. The zero-order valence-corrected chi connectivity index (χ0v) is 11.7. The van der Waals surface area contributed by atoms with Crippen molar-refractivity contribution < 1.29 is 13.9 Å². The Kier molecular flexibility index (Phi) is 4.95. The van der Waals surface area contributed by atoms with Gasteiger partial charge in [-0.05, 0) is 50.4 Å². The van der Waals surface area contributed by atoms with Crippen molar-refractivity contribution in [2.45, 2.75) is 38.3 Å². The zero-order chi connectivity index (χ0) is 14.4. The highest BCUT2D eigenvalue weighted by atomic mass is 19.1. The van der Waals surface area contributed by atoms with Crippen molar-refractivity contribution in [2.75, 3.05) is 13.1 Å². The summed E-state index contributed by atoms with van der Waals surface area (Å²) < 4.78 is 17.9. The molecule has 1 aliphatic carbocycles. The van der Waals surface area contributed by atoms with Gasteiger partial charge in [-0.25, -0.2) is 9.18 Å². The number of nitrogens with one attached hydrogen (secondary N) is 2. The molecule has 0 bridgehead atoms. The predicted molar refractivity (Wildman–Crippen MR) is 74.8 cm³/mol. The summed E-state index contributed by atoms with van der Waals surface area (Å²) in [4.78, 5) is 11.4. The molecule has 1 amide bonds. The fraction of sp³-hybridized carbons (Fsp3) is 0.533. The van der Waals surface area contributed by atoms with E-state index in [1.807, 2.05) is 6.92 Å². The molecule has 110 valence electrons. The lowest BCUT2D eigenvalue weighted by atomic mass is 10.2. The SMILES string of the molecule is CC1(OC(=O)NCCCNCc2ccc(F)cc2)CC1. The molecule has 1 saturated carbocycles. The lowest BCUT2D eigenvalue weighted by Gasteiger charge is -2.12. The molecule has 0 unspecified atom stereocenters. The highest BCUT2D eigenvalue weighted by Gasteiger charge is 2.41. The number of hydrogen-bond donors (Lipinski definition) is 2. The minimum absolute atomic E-state index is 0.217. The summed E-state index contributed by atoms with van der Waals surface area (Å²) >= 11 is 0. The summed E-state index contributed by atoms with van der Waals surface area (Å²) in [7, 11) is 0. The van der Waals surface area contributed by atoms with Gasteiger partial charge in [-0.3, -0.25) is 0 Å². The number of amides is 1. The van der Waals surface area contributed by atoms with Crippen LogP contribution < -0.4 is 10.6 Å². The maximum atomic E-state index is 12.7. The van der Waals surface area contributed by atoms with Crippen LogP contribution in [0.3, 0.4) is 0 Å². The maximum Gasteiger partial charge on any atom is 0.407 e. The van der Waals surface area contributed by atoms with E-state index in [0.29, 0.717) is 13.1 Å². The average molecular weight is 280 g/mol. The van der Waals surface area contributed by atoms with E-state index in [1.54, 1.807) is 12.1 Å². The Morgan fingerprint density at radius 1 is 1.30 bits per heavy atom.